The van der Waals surface area contributed by atoms with Crippen molar-refractivity contribution in [3.05, 3.63) is 11.1 Å². The normalized spacial score (nSPS) is 50.5. The van der Waals surface area contributed by atoms with E-state index >= 15 is 0 Å². The van der Waals surface area contributed by atoms with Gasteiger partial charge < -0.3 is 15.3 Å². The molecule has 0 spiro atoms. The lowest BCUT2D eigenvalue weighted by Gasteiger charge is -2.71. The van der Waals surface area contributed by atoms with Gasteiger partial charge in [-0.15, -0.1) is 0 Å². The molecule has 0 radical (unpaired) electrons. The summed E-state index contributed by atoms with van der Waals surface area (Å²) in [6.45, 7) is 15.3. The Balaban J connectivity index is 1.66. The van der Waals surface area contributed by atoms with E-state index in [9.17, 15) is 24.9 Å². The lowest BCUT2D eigenvalue weighted by Crippen LogP contribution is -2.66. The van der Waals surface area contributed by atoms with Crippen LogP contribution in [0.15, 0.2) is 11.1 Å². The minimum absolute atomic E-state index is 0.0615. The van der Waals surface area contributed by atoms with E-state index in [0.29, 0.717) is 43.1 Å². The Morgan fingerprint density at radius 2 is 1.49 bits per heavy atom. The highest BCUT2D eigenvalue weighted by molar-refractivity contribution is 6.07. The summed E-state index contributed by atoms with van der Waals surface area (Å²) >= 11 is 0. The van der Waals surface area contributed by atoms with Crippen molar-refractivity contribution in [1.29, 1.82) is 0 Å². The molecular formula is C30H46O5. The molecule has 5 rings (SSSR count). The Bertz CT molecular complexity index is 1010. The van der Waals surface area contributed by atoms with E-state index in [0.717, 1.165) is 37.7 Å². The summed E-state index contributed by atoms with van der Waals surface area (Å²) in [7, 11) is 0. The van der Waals surface area contributed by atoms with Gasteiger partial charge in [-0.05, 0) is 91.3 Å². The number of fused-ring (bicyclic) bond motifs is 6. The first-order chi connectivity index (χ1) is 16.0. The molecule has 4 saturated carbocycles. The number of carboxylic acid groups (broad SMARTS) is 1. The van der Waals surface area contributed by atoms with Gasteiger partial charge in [0.1, 0.15) is 0 Å². The minimum atomic E-state index is -1.03. The van der Waals surface area contributed by atoms with Gasteiger partial charge in [-0.1, -0.05) is 54.0 Å². The second-order valence-corrected chi connectivity index (χ2v) is 14.9. The van der Waals surface area contributed by atoms with Crippen molar-refractivity contribution in [2.45, 2.75) is 118 Å². The van der Waals surface area contributed by atoms with Gasteiger partial charge in [-0.2, -0.15) is 0 Å². The van der Waals surface area contributed by atoms with E-state index < -0.39 is 29.0 Å². The summed E-state index contributed by atoms with van der Waals surface area (Å²) in [6.07, 6.45) is 5.36. The van der Waals surface area contributed by atoms with Crippen LogP contribution in [0.4, 0.5) is 0 Å². The van der Waals surface area contributed by atoms with Gasteiger partial charge in [-0.3, -0.25) is 9.59 Å². The number of rotatable bonds is 1. The molecule has 0 aromatic heterocycles. The van der Waals surface area contributed by atoms with Crippen molar-refractivity contribution in [1.82, 2.24) is 0 Å². The second-order valence-electron chi connectivity index (χ2n) is 14.9. The summed E-state index contributed by atoms with van der Waals surface area (Å²) in [4.78, 5) is 26.7. The highest BCUT2D eigenvalue weighted by Crippen LogP contribution is 2.75. The van der Waals surface area contributed by atoms with Gasteiger partial charge in [0.2, 0.25) is 0 Å². The van der Waals surface area contributed by atoms with E-state index in [2.05, 4.69) is 34.6 Å². The fourth-order valence-corrected chi connectivity index (χ4v) is 10.5. The van der Waals surface area contributed by atoms with Crippen LogP contribution in [0, 0.1) is 44.3 Å². The maximum atomic E-state index is 13.9. The van der Waals surface area contributed by atoms with E-state index in [1.807, 2.05) is 13.8 Å². The highest BCUT2D eigenvalue weighted by Gasteiger charge is 2.70. The fraction of sp³-hybridized carbons (Fsp3) is 0.867. The fourth-order valence-electron chi connectivity index (χ4n) is 10.5. The summed E-state index contributed by atoms with van der Waals surface area (Å²) < 4.78 is 0. The third kappa shape index (κ3) is 2.89. The summed E-state index contributed by atoms with van der Waals surface area (Å²) in [5, 5.41) is 32.3. The molecular weight excluding hydrogens is 440 g/mol. The molecule has 5 nitrogen and oxygen atoms in total. The van der Waals surface area contributed by atoms with Crippen LogP contribution in [0.3, 0.4) is 0 Å². The van der Waals surface area contributed by atoms with Gasteiger partial charge in [0.05, 0.1) is 17.6 Å². The number of ketones is 1. The lowest BCUT2D eigenvalue weighted by atomic mass is 9.34. The average molecular weight is 487 g/mol. The lowest BCUT2D eigenvalue weighted by molar-refractivity contribution is -0.233. The summed E-state index contributed by atoms with van der Waals surface area (Å²) in [5.74, 6) is -0.0823. The molecule has 0 aliphatic heterocycles. The molecule has 0 amide bonds. The van der Waals surface area contributed by atoms with Crippen LogP contribution in [0.25, 0.3) is 0 Å². The summed E-state index contributed by atoms with van der Waals surface area (Å²) in [5.41, 5.74) is -0.529. The molecule has 0 saturated heterocycles. The Labute approximate surface area is 210 Å². The van der Waals surface area contributed by atoms with E-state index in [1.54, 1.807) is 0 Å². The number of allylic oxidation sites excluding steroid dienone is 1. The Morgan fingerprint density at radius 3 is 2.11 bits per heavy atom. The van der Waals surface area contributed by atoms with Gasteiger partial charge in [0, 0.05) is 11.0 Å². The predicted octanol–water partition coefficient (Wildman–Crippen LogP) is 5.53. The zero-order valence-electron chi connectivity index (χ0n) is 22.8. The number of aliphatic carboxylic acids is 1. The third-order valence-corrected chi connectivity index (χ3v) is 12.9. The molecule has 0 aromatic rings. The number of carbonyl (C=O) groups excluding carboxylic acids is 1. The van der Waals surface area contributed by atoms with Crippen molar-refractivity contribution >= 4 is 11.8 Å². The Kier molecular flexibility index (Phi) is 5.25. The third-order valence-electron chi connectivity index (χ3n) is 12.9. The van der Waals surface area contributed by atoms with Crippen LogP contribution < -0.4 is 0 Å². The number of Topliss-reactive ketones (excluding diaryl/α,β-unsaturated/α-hetero) is 1. The number of carbonyl (C=O) groups is 2. The van der Waals surface area contributed by atoms with Crippen LogP contribution >= 0.6 is 0 Å². The van der Waals surface area contributed by atoms with Crippen LogP contribution in [0.2, 0.25) is 0 Å². The zero-order valence-corrected chi connectivity index (χ0v) is 22.8. The molecule has 196 valence electrons. The molecule has 0 unspecified atom stereocenters. The summed E-state index contributed by atoms with van der Waals surface area (Å²) in [6, 6.07) is 0. The molecule has 5 heteroatoms. The van der Waals surface area contributed by atoms with Crippen LogP contribution in [-0.2, 0) is 9.59 Å². The first-order valence-electron chi connectivity index (χ1n) is 13.9. The van der Waals surface area contributed by atoms with Gasteiger partial charge in [0.25, 0.3) is 0 Å². The van der Waals surface area contributed by atoms with Crippen LogP contribution in [0.5, 0.6) is 0 Å². The van der Waals surface area contributed by atoms with Crippen molar-refractivity contribution in [2.24, 2.45) is 44.3 Å². The Morgan fingerprint density at radius 1 is 0.857 bits per heavy atom. The second kappa shape index (κ2) is 7.22. The van der Waals surface area contributed by atoms with Crippen LogP contribution in [0.1, 0.15) is 106 Å². The first-order valence-corrected chi connectivity index (χ1v) is 13.9. The number of aliphatic hydroxyl groups is 2. The molecule has 3 N–H and O–H groups in total. The van der Waals surface area contributed by atoms with E-state index in [1.165, 1.54) is 0 Å². The molecule has 5 aliphatic rings. The number of carboxylic acids is 1. The SMILES string of the molecule is CC1(C)CC[C@]2(C(=O)O)CC[C@]3(C)C(=C2C1=O)CC[C@@H]1[C@@]2(C)C[C@@H](O)[C@@H](O)C(C)(C)[C@@H]2CC[C@]13C. The smallest absolute Gasteiger partial charge is 0.314 e. The van der Waals surface area contributed by atoms with E-state index in [4.69, 9.17) is 0 Å². The van der Waals surface area contributed by atoms with Gasteiger partial charge in [-0.25, -0.2) is 0 Å². The monoisotopic (exact) mass is 486 g/mol. The number of hydrogen-bond acceptors (Lipinski definition) is 4. The molecule has 8 atom stereocenters. The maximum Gasteiger partial charge on any atom is 0.314 e. The molecule has 5 aliphatic carbocycles. The topological polar surface area (TPSA) is 94.8 Å². The molecule has 4 fully saturated rings. The average Bonchev–Trinajstić information content (AvgIpc) is 2.75. The number of aliphatic hydroxyl groups excluding tert-OH is 2. The molecule has 35 heavy (non-hydrogen) atoms. The standard InChI is InChI=1S/C30H46O5/c1-25(2)12-14-30(24(34)35)15-13-28(6)17(21(30)23(25)33)8-9-20-27(5)16-18(31)22(32)26(3,4)19(27)10-11-29(20,28)7/h18-20,22,31-32H,8-16H2,1-7H3,(H,34,35)/t18-,19+,20-,22-,27+,28-,29-,30+/m1/s1. The van der Waals surface area contributed by atoms with Crippen LogP contribution in [-0.4, -0.2) is 39.3 Å². The van der Waals surface area contributed by atoms with Crippen molar-refractivity contribution in [3.63, 3.8) is 0 Å². The highest BCUT2D eigenvalue weighted by atomic mass is 16.4. The Hall–Kier alpha value is -1.20. The predicted molar refractivity (Wildman–Crippen MR) is 135 cm³/mol. The van der Waals surface area contributed by atoms with Crippen molar-refractivity contribution in [2.75, 3.05) is 0 Å². The van der Waals surface area contributed by atoms with Crippen molar-refractivity contribution < 1.29 is 24.9 Å². The zero-order chi connectivity index (χ0) is 26.0. The first kappa shape index (κ1) is 25.4. The van der Waals surface area contributed by atoms with Crippen molar-refractivity contribution in [3.8, 4) is 0 Å². The van der Waals surface area contributed by atoms with E-state index in [-0.39, 0.29) is 27.4 Å². The maximum absolute atomic E-state index is 13.9. The number of hydrogen-bond donors (Lipinski definition) is 3. The molecule has 0 bridgehead atoms. The minimum Gasteiger partial charge on any atom is -0.481 e. The molecule has 0 aromatic carbocycles. The quantitative estimate of drug-likeness (QED) is 0.453. The van der Waals surface area contributed by atoms with Gasteiger partial charge >= 0.3 is 5.97 Å². The largest absolute Gasteiger partial charge is 0.481 e. The molecule has 0 heterocycles. The van der Waals surface area contributed by atoms with Gasteiger partial charge in [0.15, 0.2) is 5.78 Å².